The Kier molecular flexibility index (Phi) is 3.73. The highest BCUT2D eigenvalue weighted by Gasteiger charge is 2.33. The van der Waals surface area contributed by atoms with Crippen LogP contribution in [0, 0.1) is 17.4 Å². The van der Waals surface area contributed by atoms with Crippen LogP contribution in [0.2, 0.25) is 0 Å². The number of likely N-dealkylation sites (tertiary alicyclic amines) is 1. The fourth-order valence-electron chi connectivity index (χ4n) is 3.71. The molecular formula is C17H21N3. The van der Waals surface area contributed by atoms with Gasteiger partial charge in [0.1, 0.15) is 5.84 Å². The second kappa shape index (κ2) is 5.66. The largest absolute Gasteiger partial charge is 0.355 e. The molecule has 3 heteroatoms. The van der Waals surface area contributed by atoms with Gasteiger partial charge in [-0.25, -0.2) is 0 Å². The fraction of sp³-hybridized carbons (Fsp3) is 0.529. The summed E-state index contributed by atoms with van der Waals surface area (Å²) in [4.78, 5) is 6.59. The van der Waals surface area contributed by atoms with Gasteiger partial charge < -0.3 is 4.90 Å². The molecule has 0 amide bonds. The van der Waals surface area contributed by atoms with Gasteiger partial charge >= 0.3 is 0 Å². The number of benzene rings is 1. The van der Waals surface area contributed by atoms with Crippen molar-refractivity contribution in [2.75, 3.05) is 6.54 Å². The third-order valence-electron chi connectivity index (χ3n) is 4.74. The average molecular weight is 267 g/mol. The highest BCUT2D eigenvalue weighted by molar-refractivity contribution is 5.86. The Morgan fingerprint density at radius 1 is 1.30 bits per heavy atom. The number of amidine groups is 1. The molecule has 1 aliphatic heterocycles. The molecule has 1 aliphatic carbocycles. The van der Waals surface area contributed by atoms with Gasteiger partial charge in [-0.2, -0.15) is 10.3 Å². The molecule has 0 aromatic heterocycles. The summed E-state index contributed by atoms with van der Waals surface area (Å²) in [5, 5.41) is 9.00. The molecule has 0 N–H and O–H groups in total. The van der Waals surface area contributed by atoms with Gasteiger partial charge in [0, 0.05) is 18.5 Å². The minimum absolute atomic E-state index is 0.465. The van der Waals surface area contributed by atoms with E-state index in [1.54, 1.807) is 0 Å². The van der Waals surface area contributed by atoms with Gasteiger partial charge in [0.05, 0.1) is 0 Å². The standard InChI is InChI=1S/C17H21N3/c1-2-13-8-5-9-20(17(13)19-12-18)16-10-14-6-3-4-7-15(14)11-16/h3-4,6-7,13,16H,2,5,8-11H2,1H3. The first-order valence-corrected chi connectivity index (χ1v) is 7.63. The second-order valence-corrected chi connectivity index (χ2v) is 5.84. The Morgan fingerprint density at radius 2 is 2.00 bits per heavy atom. The number of nitrogens with zero attached hydrogens (tertiary/aromatic N) is 3. The van der Waals surface area contributed by atoms with Crippen LogP contribution in [0.4, 0.5) is 0 Å². The van der Waals surface area contributed by atoms with Gasteiger partial charge in [0.2, 0.25) is 6.19 Å². The Hall–Kier alpha value is -1.82. The quantitative estimate of drug-likeness (QED) is 0.772. The van der Waals surface area contributed by atoms with E-state index in [2.05, 4.69) is 41.1 Å². The number of piperidine rings is 1. The van der Waals surface area contributed by atoms with Crippen LogP contribution in [-0.2, 0) is 12.8 Å². The van der Waals surface area contributed by atoms with Gasteiger partial charge in [0.15, 0.2) is 0 Å². The van der Waals surface area contributed by atoms with Crippen LogP contribution in [0.15, 0.2) is 29.3 Å². The Labute approximate surface area is 120 Å². The maximum Gasteiger partial charge on any atom is 0.207 e. The van der Waals surface area contributed by atoms with Crippen molar-refractivity contribution in [2.24, 2.45) is 10.9 Å². The molecule has 1 unspecified atom stereocenters. The summed E-state index contributed by atoms with van der Waals surface area (Å²) in [6.45, 7) is 3.25. The Morgan fingerprint density at radius 3 is 2.60 bits per heavy atom. The summed E-state index contributed by atoms with van der Waals surface area (Å²) >= 11 is 0. The topological polar surface area (TPSA) is 39.4 Å². The maximum absolute atomic E-state index is 9.00. The molecular weight excluding hydrogens is 246 g/mol. The van der Waals surface area contributed by atoms with Gasteiger partial charge in [-0.05, 0) is 43.2 Å². The van der Waals surface area contributed by atoms with Crippen LogP contribution in [0.25, 0.3) is 0 Å². The van der Waals surface area contributed by atoms with Gasteiger partial charge in [-0.1, -0.05) is 31.2 Å². The van der Waals surface area contributed by atoms with Gasteiger partial charge in [0.25, 0.3) is 0 Å². The lowest BCUT2D eigenvalue weighted by atomic mass is 9.92. The number of aliphatic imine (C=N–C) groups is 1. The zero-order valence-corrected chi connectivity index (χ0v) is 12.0. The van der Waals surface area contributed by atoms with Crippen LogP contribution < -0.4 is 0 Å². The molecule has 0 radical (unpaired) electrons. The highest BCUT2D eigenvalue weighted by Crippen LogP contribution is 2.30. The molecule has 0 bridgehead atoms. The molecule has 2 aliphatic rings. The second-order valence-electron chi connectivity index (χ2n) is 5.84. The number of nitriles is 1. The van der Waals surface area contributed by atoms with Crippen molar-refractivity contribution in [3.63, 3.8) is 0 Å². The molecule has 1 atom stereocenters. The zero-order valence-electron chi connectivity index (χ0n) is 12.0. The first-order chi connectivity index (χ1) is 9.83. The molecule has 104 valence electrons. The zero-order chi connectivity index (χ0) is 13.9. The first kappa shape index (κ1) is 13.2. The molecule has 3 rings (SSSR count). The van der Waals surface area contributed by atoms with Crippen LogP contribution in [0.5, 0.6) is 0 Å². The number of rotatable bonds is 2. The van der Waals surface area contributed by atoms with E-state index >= 15 is 0 Å². The van der Waals surface area contributed by atoms with Crippen LogP contribution >= 0.6 is 0 Å². The van der Waals surface area contributed by atoms with E-state index in [9.17, 15) is 0 Å². The predicted molar refractivity (Wildman–Crippen MR) is 80.4 cm³/mol. The van der Waals surface area contributed by atoms with Gasteiger partial charge in [-0.3, -0.25) is 0 Å². The summed E-state index contributed by atoms with van der Waals surface area (Å²) in [5.41, 5.74) is 2.93. The molecule has 1 fully saturated rings. The van der Waals surface area contributed by atoms with E-state index in [-0.39, 0.29) is 0 Å². The molecule has 1 heterocycles. The SMILES string of the molecule is CCC1CCCN(C2Cc3ccccc3C2)C1=NC#N. The summed E-state index contributed by atoms with van der Waals surface area (Å²) in [6.07, 6.45) is 7.68. The lowest BCUT2D eigenvalue weighted by molar-refractivity contribution is 0.261. The highest BCUT2D eigenvalue weighted by atomic mass is 15.2. The van der Waals surface area contributed by atoms with Crippen molar-refractivity contribution in [1.29, 1.82) is 5.26 Å². The smallest absolute Gasteiger partial charge is 0.207 e. The van der Waals surface area contributed by atoms with Crippen molar-refractivity contribution < 1.29 is 0 Å². The first-order valence-electron chi connectivity index (χ1n) is 7.63. The summed E-state index contributed by atoms with van der Waals surface area (Å²) in [7, 11) is 0. The van der Waals surface area contributed by atoms with E-state index in [1.165, 1.54) is 24.0 Å². The van der Waals surface area contributed by atoms with Crippen LogP contribution in [0.3, 0.4) is 0 Å². The minimum atomic E-state index is 0.465. The number of fused-ring (bicyclic) bond motifs is 1. The monoisotopic (exact) mass is 267 g/mol. The molecule has 1 aromatic carbocycles. The number of hydrogen-bond acceptors (Lipinski definition) is 2. The fourth-order valence-corrected chi connectivity index (χ4v) is 3.71. The van der Waals surface area contributed by atoms with Gasteiger partial charge in [-0.15, -0.1) is 0 Å². The number of hydrogen-bond donors (Lipinski definition) is 0. The molecule has 0 spiro atoms. The molecule has 0 saturated carbocycles. The van der Waals surface area contributed by atoms with Crippen molar-refractivity contribution in [3.8, 4) is 6.19 Å². The third-order valence-corrected chi connectivity index (χ3v) is 4.74. The third kappa shape index (κ3) is 2.31. The Bertz CT molecular complexity index is 531. The summed E-state index contributed by atoms with van der Waals surface area (Å²) in [5.74, 6) is 1.51. The van der Waals surface area contributed by atoms with E-state index in [1.807, 2.05) is 6.19 Å². The maximum atomic E-state index is 9.00. The van der Waals surface area contributed by atoms with Crippen molar-refractivity contribution in [2.45, 2.75) is 45.1 Å². The molecule has 1 saturated heterocycles. The normalized spacial score (nSPS) is 24.7. The van der Waals surface area contributed by atoms with Crippen molar-refractivity contribution in [3.05, 3.63) is 35.4 Å². The van der Waals surface area contributed by atoms with E-state index in [0.29, 0.717) is 12.0 Å². The van der Waals surface area contributed by atoms with E-state index in [0.717, 1.165) is 31.6 Å². The predicted octanol–water partition coefficient (Wildman–Crippen LogP) is 3.16. The van der Waals surface area contributed by atoms with Crippen LogP contribution in [-0.4, -0.2) is 23.3 Å². The Balaban J connectivity index is 1.83. The molecule has 3 nitrogen and oxygen atoms in total. The van der Waals surface area contributed by atoms with Crippen LogP contribution in [0.1, 0.15) is 37.3 Å². The molecule has 20 heavy (non-hydrogen) atoms. The minimum Gasteiger partial charge on any atom is -0.355 e. The van der Waals surface area contributed by atoms with E-state index in [4.69, 9.17) is 5.26 Å². The summed E-state index contributed by atoms with van der Waals surface area (Å²) in [6, 6.07) is 9.21. The van der Waals surface area contributed by atoms with Crippen molar-refractivity contribution in [1.82, 2.24) is 4.90 Å². The van der Waals surface area contributed by atoms with E-state index < -0.39 is 0 Å². The lowest BCUT2D eigenvalue weighted by Crippen LogP contribution is -2.47. The lowest BCUT2D eigenvalue weighted by Gasteiger charge is -2.39. The average Bonchev–Trinajstić information content (AvgIpc) is 2.91. The summed E-state index contributed by atoms with van der Waals surface area (Å²) < 4.78 is 0. The molecule has 1 aromatic rings. The van der Waals surface area contributed by atoms with Crippen molar-refractivity contribution >= 4 is 5.84 Å².